The third kappa shape index (κ3) is 3.81. The number of carbonyl (C=O) groups excluding carboxylic acids is 1. The molecular weight excluding hydrogens is 254 g/mol. The second-order valence-corrected chi connectivity index (χ2v) is 5.24. The van der Waals surface area contributed by atoms with Gasteiger partial charge in [0.1, 0.15) is 0 Å². The van der Waals surface area contributed by atoms with Crippen LogP contribution in [0.5, 0.6) is 0 Å². The first kappa shape index (κ1) is 15.0. The molecule has 1 aliphatic rings. The van der Waals surface area contributed by atoms with Crippen LogP contribution in [0.4, 0.5) is 0 Å². The Labute approximate surface area is 120 Å². The van der Waals surface area contributed by atoms with Crippen molar-refractivity contribution in [3.63, 3.8) is 0 Å². The monoisotopic (exact) mass is 277 g/mol. The molecule has 1 saturated heterocycles. The summed E-state index contributed by atoms with van der Waals surface area (Å²) in [7, 11) is 1.68. The summed E-state index contributed by atoms with van der Waals surface area (Å²) in [5, 5.41) is 3.02. The summed E-state index contributed by atoms with van der Waals surface area (Å²) in [5.74, 6) is 0.0581. The number of benzene rings is 1. The van der Waals surface area contributed by atoms with E-state index in [1.54, 1.807) is 7.11 Å². The van der Waals surface area contributed by atoms with Crippen molar-refractivity contribution in [2.45, 2.75) is 39.0 Å². The molecule has 1 heterocycles. The van der Waals surface area contributed by atoms with Gasteiger partial charge in [0, 0.05) is 20.3 Å². The van der Waals surface area contributed by atoms with Crippen LogP contribution >= 0.6 is 0 Å². The van der Waals surface area contributed by atoms with Crippen molar-refractivity contribution in [3.8, 4) is 0 Å². The van der Waals surface area contributed by atoms with E-state index in [-0.39, 0.29) is 17.9 Å². The molecule has 4 nitrogen and oxygen atoms in total. The average Bonchev–Trinajstić information content (AvgIpc) is 2.47. The molecule has 0 bridgehead atoms. The molecule has 1 fully saturated rings. The quantitative estimate of drug-likeness (QED) is 0.898. The number of hydrogen-bond donors (Lipinski definition) is 1. The fourth-order valence-corrected chi connectivity index (χ4v) is 2.61. The van der Waals surface area contributed by atoms with Crippen molar-refractivity contribution in [3.05, 3.63) is 35.4 Å². The summed E-state index contributed by atoms with van der Waals surface area (Å²) < 4.78 is 10.7. The molecule has 4 heteroatoms. The van der Waals surface area contributed by atoms with Crippen LogP contribution in [0, 0.1) is 5.92 Å². The molecule has 1 aromatic carbocycles. The fourth-order valence-electron chi connectivity index (χ4n) is 2.61. The molecule has 1 N–H and O–H groups in total. The summed E-state index contributed by atoms with van der Waals surface area (Å²) in [6.45, 7) is 3.85. The molecule has 1 amide bonds. The van der Waals surface area contributed by atoms with Crippen LogP contribution in [-0.4, -0.2) is 25.7 Å². The van der Waals surface area contributed by atoms with Gasteiger partial charge in [0.2, 0.25) is 5.91 Å². The third-order valence-corrected chi connectivity index (χ3v) is 3.81. The molecule has 110 valence electrons. The van der Waals surface area contributed by atoms with Crippen molar-refractivity contribution in [2.24, 2.45) is 5.92 Å². The SMILES string of the molecule is COCc1ccccc1CNC(=O)[C@@H]1CCCO[C@H]1C. The highest BCUT2D eigenvalue weighted by molar-refractivity contribution is 5.79. The minimum Gasteiger partial charge on any atom is -0.380 e. The van der Waals surface area contributed by atoms with E-state index in [9.17, 15) is 4.79 Å². The summed E-state index contributed by atoms with van der Waals surface area (Å²) in [5.41, 5.74) is 2.22. The Morgan fingerprint density at radius 2 is 2.15 bits per heavy atom. The summed E-state index contributed by atoms with van der Waals surface area (Å²) >= 11 is 0. The van der Waals surface area contributed by atoms with E-state index in [0.717, 1.165) is 30.6 Å². The molecular formula is C16H23NO3. The van der Waals surface area contributed by atoms with Crippen LogP contribution in [-0.2, 0) is 27.4 Å². The zero-order valence-corrected chi connectivity index (χ0v) is 12.2. The number of amides is 1. The lowest BCUT2D eigenvalue weighted by atomic mass is 9.94. The molecule has 1 aliphatic heterocycles. The van der Waals surface area contributed by atoms with Crippen molar-refractivity contribution in [2.75, 3.05) is 13.7 Å². The topological polar surface area (TPSA) is 47.6 Å². The predicted molar refractivity (Wildman–Crippen MR) is 77.1 cm³/mol. The molecule has 0 saturated carbocycles. The van der Waals surface area contributed by atoms with Crippen LogP contribution in [0.1, 0.15) is 30.9 Å². The number of carbonyl (C=O) groups is 1. The molecule has 0 unspecified atom stereocenters. The maximum absolute atomic E-state index is 12.2. The minimum atomic E-state index is -0.0293. The van der Waals surface area contributed by atoms with Gasteiger partial charge >= 0.3 is 0 Å². The summed E-state index contributed by atoms with van der Waals surface area (Å²) in [6.07, 6.45) is 1.88. The molecule has 1 aromatic rings. The Morgan fingerprint density at radius 1 is 1.40 bits per heavy atom. The van der Waals surface area contributed by atoms with Crippen molar-refractivity contribution >= 4 is 5.91 Å². The zero-order chi connectivity index (χ0) is 14.4. The third-order valence-electron chi connectivity index (χ3n) is 3.81. The standard InChI is InChI=1S/C16H23NO3/c1-12-15(8-5-9-20-12)16(18)17-10-13-6-3-4-7-14(13)11-19-2/h3-4,6-7,12,15H,5,8-11H2,1-2H3,(H,17,18)/t12-,15+/m0/s1. The number of ether oxygens (including phenoxy) is 2. The molecule has 0 radical (unpaired) electrons. The van der Waals surface area contributed by atoms with E-state index < -0.39 is 0 Å². The van der Waals surface area contributed by atoms with E-state index in [2.05, 4.69) is 5.32 Å². The van der Waals surface area contributed by atoms with Crippen LogP contribution in [0.3, 0.4) is 0 Å². The van der Waals surface area contributed by atoms with Gasteiger partial charge in [0.25, 0.3) is 0 Å². The van der Waals surface area contributed by atoms with E-state index >= 15 is 0 Å². The molecule has 0 spiro atoms. The van der Waals surface area contributed by atoms with Gasteiger partial charge in [-0.3, -0.25) is 4.79 Å². The van der Waals surface area contributed by atoms with E-state index in [4.69, 9.17) is 9.47 Å². The van der Waals surface area contributed by atoms with Crippen molar-refractivity contribution in [1.82, 2.24) is 5.32 Å². The first-order chi connectivity index (χ1) is 9.72. The van der Waals surface area contributed by atoms with E-state index in [0.29, 0.717) is 13.2 Å². The number of rotatable bonds is 5. The van der Waals surface area contributed by atoms with Crippen LogP contribution < -0.4 is 5.32 Å². The van der Waals surface area contributed by atoms with Gasteiger partial charge in [-0.1, -0.05) is 24.3 Å². The van der Waals surface area contributed by atoms with Gasteiger partial charge in [-0.25, -0.2) is 0 Å². The Hall–Kier alpha value is -1.39. The maximum Gasteiger partial charge on any atom is 0.225 e. The van der Waals surface area contributed by atoms with Crippen molar-refractivity contribution in [1.29, 1.82) is 0 Å². The normalized spacial score (nSPS) is 22.5. The minimum absolute atomic E-state index is 0.0120. The second-order valence-electron chi connectivity index (χ2n) is 5.24. The van der Waals surface area contributed by atoms with E-state index in [1.165, 1.54) is 0 Å². The van der Waals surface area contributed by atoms with Crippen LogP contribution in [0.2, 0.25) is 0 Å². The molecule has 0 aliphatic carbocycles. The first-order valence-corrected chi connectivity index (χ1v) is 7.17. The van der Waals surface area contributed by atoms with E-state index in [1.807, 2.05) is 31.2 Å². The van der Waals surface area contributed by atoms with Gasteiger partial charge in [0.05, 0.1) is 18.6 Å². The van der Waals surface area contributed by atoms with Gasteiger partial charge in [-0.15, -0.1) is 0 Å². The molecule has 20 heavy (non-hydrogen) atoms. The van der Waals surface area contributed by atoms with Gasteiger partial charge in [0.15, 0.2) is 0 Å². The van der Waals surface area contributed by atoms with Gasteiger partial charge in [-0.05, 0) is 30.9 Å². The predicted octanol–water partition coefficient (Wildman–Crippen LogP) is 2.26. The average molecular weight is 277 g/mol. The first-order valence-electron chi connectivity index (χ1n) is 7.17. The summed E-state index contributed by atoms with van der Waals surface area (Å²) in [4.78, 5) is 12.2. The van der Waals surface area contributed by atoms with Gasteiger partial charge in [-0.2, -0.15) is 0 Å². The highest BCUT2D eigenvalue weighted by Crippen LogP contribution is 2.20. The number of methoxy groups -OCH3 is 1. The molecule has 0 aromatic heterocycles. The fraction of sp³-hybridized carbons (Fsp3) is 0.562. The maximum atomic E-state index is 12.2. The largest absolute Gasteiger partial charge is 0.380 e. The number of nitrogens with one attached hydrogen (secondary N) is 1. The van der Waals surface area contributed by atoms with Crippen LogP contribution in [0.15, 0.2) is 24.3 Å². The Bertz CT molecular complexity index is 447. The number of hydrogen-bond acceptors (Lipinski definition) is 3. The smallest absolute Gasteiger partial charge is 0.225 e. The lowest BCUT2D eigenvalue weighted by Gasteiger charge is -2.28. The lowest BCUT2D eigenvalue weighted by Crippen LogP contribution is -2.40. The molecule has 2 atom stereocenters. The Balaban J connectivity index is 1.92. The van der Waals surface area contributed by atoms with Crippen LogP contribution in [0.25, 0.3) is 0 Å². The summed E-state index contributed by atoms with van der Waals surface area (Å²) in [6, 6.07) is 8.01. The Kier molecular flexibility index (Phi) is 5.56. The highest BCUT2D eigenvalue weighted by atomic mass is 16.5. The zero-order valence-electron chi connectivity index (χ0n) is 12.2. The lowest BCUT2D eigenvalue weighted by molar-refractivity contribution is -0.133. The second kappa shape index (κ2) is 7.41. The van der Waals surface area contributed by atoms with Gasteiger partial charge < -0.3 is 14.8 Å². The van der Waals surface area contributed by atoms with Crippen molar-refractivity contribution < 1.29 is 14.3 Å². The Morgan fingerprint density at radius 3 is 2.85 bits per heavy atom. The molecule has 2 rings (SSSR count). The highest BCUT2D eigenvalue weighted by Gasteiger charge is 2.28.